The van der Waals surface area contributed by atoms with Gasteiger partial charge in [-0.2, -0.15) is 0 Å². The van der Waals surface area contributed by atoms with Gasteiger partial charge in [0.05, 0.1) is 4.90 Å². The molecule has 0 spiro atoms. The summed E-state index contributed by atoms with van der Waals surface area (Å²) < 4.78 is 23.5. The molecule has 3 aromatic rings. The molecule has 2 aromatic carbocycles. The third-order valence-corrected chi connectivity index (χ3v) is 6.33. The Hall–Kier alpha value is -2.68. The van der Waals surface area contributed by atoms with Gasteiger partial charge < -0.3 is 10.2 Å². The number of aromatic nitrogens is 2. The van der Waals surface area contributed by atoms with Gasteiger partial charge >= 0.3 is 0 Å². The number of halogens is 1. The highest BCUT2D eigenvalue weighted by Crippen LogP contribution is 2.29. The molecule has 0 atom stereocenters. The number of hydrogen-bond donors (Lipinski definition) is 2. The quantitative estimate of drug-likeness (QED) is 0.595. The molecule has 4 rings (SSSR count). The van der Waals surface area contributed by atoms with Crippen molar-refractivity contribution in [2.45, 2.75) is 37.6 Å². The normalized spacial score (nSPS) is 13.9. The van der Waals surface area contributed by atoms with Crippen LogP contribution in [0.5, 0.6) is 0 Å². The molecule has 1 aliphatic heterocycles. The first kappa shape index (κ1) is 21.5. The van der Waals surface area contributed by atoms with Crippen LogP contribution in [0.4, 0.5) is 17.3 Å². The largest absolute Gasteiger partial charge is 0.352 e. The molecule has 0 fully saturated rings. The summed E-state index contributed by atoms with van der Waals surface area (Å²) in [4.78, 5) is 11.7. The van der Waals surface area contributed by atoms with E-state index in [-0.39, 0.29) is 10.8 Å². The molecular formula is C22H24ClN5O2S. The van der Waals surface area contributed by atoms with Crippen molar-refractivity contribution in [2.75, 3.05) is 16.8 Å². The highest BCUT2D eigenvalue weighted by atomic mass is 35.5. The fraction of sp³-hybridized carbons (Fsp3) is 0.273. The molecule has 0 saturated heterocycles. The molecule has 0 bridgehead atoms. The van der Waals surface area contributed by atoms with E-state index < -0.39 is 10.0 Å². The van der Waals surface area contributed by atoms with Gasteiger partial charge in [-0.15, -0.1) is 0 Å². The molecular weight excluding hydrogens is 434 g/mol. The maximum absolute atomic E-state index is 11.8. The molecule has 1 aromatic heterocycles. The van der Waals surface area contributed by atoms with Crippen LogP contribution in [0.25, 0.3) is 0 Å². The van der Waals surface area contributed by atoms with E-state index in [1.54, 1.807) is 12.1 Å². The second-order valence-electron chi connectivity index (χ2n) is 7.91. The summed E-state index contributed by atoms with van der Waals surface area (Å²) in [6.07, 6.45) is 0.790. The maximum atomic E-state index is 11.8. The van der Waals surface area contributed by atoms with Gasteiger partial charge in [0.1, 0.15) is 17.5 Å². The van der Waals surface area contributed by atoms with Crippen molar-refractivity contribution in [1.29, 1.82) is 0 Å². The van der Waals surface area contributed by atoms with Gasteiger partial charge in [0.2, 0.25) is 10.0 Å². The van der Waals surface area contributed by atoms with E-state index in [0.717, 1.165) is 41.4 Å². The SMILES string of the molecule is CC(C)c1nc(Nc2cccc(Cl)c2)cc(N2CCc3ccc(S(N)(=O)=O)cc3C2)n1. The van der Waals surface area contributed by atoms with Gasteiger partial charge in [-0.1, -0.05) is 37.6 Å². The third-order valence-electron chi connectivity index (χ3n) is 5.19. The van der Waals surface area contributed by atoms with Crippen molar-refractivity contribution in [3.8, 4) is 0 Å². The summed E-state index contributed by atoms with van der Waals surface area (Å²) in [5.41, 5.74) is 2.90. The van der Waals surface area contributed by atoms with Crippen molar-refractivity contribution >= 4 is 38.9 Å². The summed E-state index contributed by atoms with van der Waals surface area (Å²) >= 11 is 6.11. The molecule has 0 saturated carbocycles. The number of fused-ring (bicyclic) bond motifs is 1. The standard InChI is InChI=1S/C22H24ClN5O2S/c1-14(2)22-26-20(25-18-5-3-4-17(23)11-18)12-21(27-22)28-9-8-15-6-7-19(31(24,29)30)10-16(15)13-28/h3-7,10-12,14H,8-9,13H2,1-2H3,(H2,24,29,30)(H,25,26,27). The van der Waals surface area contributed by atoms with Crippen LogP contribution in [0.15, 0.2) is 53.4 Å². The Morgan fingerprint density at radius 1 is 1.10 bits per heavy atom. The number of benzene rings is 2. The average Bonchev–Trinajstić information content (AvgIpc) is 2.72. The maximum Gasteiger partial charge on any atom is 0.238 e. The van der Waals surface area contributed by atoms with E-state index in [9.17, 15) is 8.42 Å². The number of rotatable bonds is 5. The van der Waals surface area contributed by atoms with Crippen LogP contribution >= 0.6 is 11.6 Å². The van der Waals surface area contributed by atoms with E-state index >= 15 is 0 Å². The molecule has 3 N–H and O–H groups in total. The van der Waals surface area contributed by atoms with E-state index in [1.165, 1.54) is 0 Å². The molecule has 0 unspecified atom stereocenters. The molecule has 31 heavy (non-hydrogen) atoms. The monoisotopic (exact) mass is 457 g/mol. The molecule has 7 nitrogen and oxygen atoms in total. The van der Waals surface area contributed by atoms with E-state index in [0.29, 0.717) is 17.4 Å². The first-order chi connectivity index (χ1) is 14.7. The van der Waals surface area contributed by atoms with Gasteiger partial charge in [0.25, 0.3) is 0 Å². The Bertz CT molecular complexity index is 1230. The number of nitrogens with zero attached hydrogens (tertiary/aromatic N) is 3. The van der Waals surface area contributed by atoms with Crippen LogP contribution in [0.2, 0.25) is 5.02 Å². The zero-order valence-corrected chi connectivity index (χ0v) is 18.9. The molecule has 0 amide bonds. The Morgan fingerprint density at radius 2 is 1.90 bits per heavy atom. The van der Waals surface area contributed by atoms with Crippen molar-refractivity contribution in [1.82, 2.24) is 9.97 Å². The smallest absolute Gasteiger partial charge is 0.238 e. The number of primary sulfonamides is 1. The number of anilines is 3. The Kier molecular flexibility index (Phi) is 5.88. The molecule has 1 aliphatic rings. The predicted octanol–water partition coefficient (Wildman–Crippen LogP) is 4.21. The molecule has 162 valence electrons. The van der Waals surface area contributed by atoms with Gasteiger partial charge in [-0.05, 0) is 47.9 Å². The van der Waals surface area contributed by atoms with Crippen molar-refractivity contribution in [3.05, 3.63) is 70.5 Å². The molecule has 0 radical (unpaired) electrons. The number of nitrogens with one attached hydrogen (secondary N) is 1. The Labute approximate surface area is 187 Å². The molecule has 0 aliphatic carbocycles. The number of hydrogen-bond acceptors (Lipinski definition) is 6. The van der Waals surface area contributed by atoms with Gasteiger partial charge in [-0.3, -0.25) is 0 Å². The minimum absolute atomic E-state index is 0.127. The first-order valence-electron chi connectivity index (χ1n) is 10.00. The van der Waals surface area contributed by atoms with E-state index in [4.69, 9.17) is 21.7 Å². The summed E-state index contributed by atoms with van der Waals surface area (Å²) in [7, 11) is -3.75. The Balaban J connectivity index is 1.67. The van der Waals surface area contributed by atoms with E-state index in [2.05, 4.69) is 15.2 Å². The number of nitrogens with two attached hydrogens (primary N) is 1. The summed E-state index contributed by atoms with van der Waals surface area (Å²) in [5.74, 6) is 2.34. The predicted molar refractivity (Wildman–Crippen MR) is 123 cm³/mol. The van der Waals surface area contributed by atoms with Crippen molar-refractivity contribution in [3.63, 3.8) is 0 Å². The second kappa shape index (κ2) is 8.45. The van der Waals surface area contributed by atoms with Crippen LogP contribution in [-0.2, 0) is 23.0 Å². The zero-order chi connectivity index (χ0) is 22.2. The lowest BCUT2D eigenvalue weighted by Gasteiger charge is -2.30. The minimum atomic E-state index is -3.75. The average molecular weight is 458 g/mol. The fourth-order valence-electron chi connectivity index (χ4n) is 3.56. The van der Waals surface area contributed by atoms with Crippen LogP contribution in [0, 0.1) is 0 Å². The summed E-state index contributed by atoms with van der Waals surface area (Å²) in [5, 5.41) is 9.26. The van der Waals surface area contributed by atoms with Crippen molar-refractivity contribution in [2.24, 2.45) is 5.14 Å². The first-order valence-corrected chi connectivity index (χ1v) is 11.9. The highest BCUT2D eigenvalue weighted by molar-refractivity contribution is 7.89. The summed E-state index contributed by atoms with van der Waals surface area (Å²) in [6.45, 7) is 5.41. The topological polar surface area (TPSA) is 101 Å². The zero-order valence-electron chi connectivity index (χ0n) is 17.3. The van der Waals surface area contributed by atoms with E-state index in [1.807, 2.05) is 50.2 Å². The third kappa shape index (κ3) is 4.98. The van der Waals surface area contributed by atoms with Crippen LogP contribution < -0.4 is 15.4 Å². The lowest BCUT2D eigenvalue weighted by Crippen LogP contribution is -2.31. The van der Waals surface area contributed by atoms with Crippen molar-refractivity contribution < 1.29 is 8.42 Å². The van der Waals surface area contributed by atoms with Crippen LogP contribution in [0.3, 0.4) is 0 Å². The Morgan fingerprint density at radius 3 is 2.61 bits per heavy atom. The summed E-state index contributed by atoms with van der Waals surface area (Å²) in [6, 6.07) is 14.4. The fourth-order valence-corrected chi connectivity index (χ4v) is 4.31. The number of sulfonamides is 1. The van der Waals surface area contributed by atoms with Crippen LogP contribution in [-0.4, -0.2) is 24.9 Å². The van der Waals surface area contributed by atoms with Gasteiger partial charge in [-0.25, -0.2) is 23.5 Å². The molecule has 9 heteroatoms. The lowest BCUT2D eigenvalue weighted by molar-refractivity contribution is 0.597. The van der Waals surface area contributed by atoms with Gasteiger partial charge in [0.15, 0.2) is 0 Å². The lowest BCUT2D eigenvalue weighted by atomic mass is 10.00. The van der Waals surface area contributed by atoms with Gasteiger partial charge in [0, 0.05) is 35.8 Å². The highest BCUT2D eigenvalue weighted by Gasteiger charge is 2.21. The molecule has 2 heterocycles. The van der Waals surface area contributed by atoms with Crippen LogP contribution in [0.1, 0.15) is 36.7 Å². The second-order valence-corrected chi connectivity index (χ2v) is 9.90. The minimum Gasteiger partial charge on any atom is -0.352 e.